The molecular weight excluding hydrogens is 467 g/mol. The van der Waals surface area contributed by atoms with E-state index in [0.717, 1.165) is 57.5 Å². The lowest BCUT2D eigenvalue weighted by atomic mass is 10.0. The molecule has 2 saturated heterocycles. The van der Waals surface area contributed by atoms with Crippen LogP contribution in [0.4, 0.5) is 14.9 Å². The van der Waals surface area contributed by atoms with Gasteiger partial charge in [0.05, 0.1) is 12.2 Å². The Morgan fingerprint density at radius 2 is 1.46 bits per heavy atom. The number of carbonyl (C=O) groups excluding carboxylic acids is 2. The van der Waals surface area contributed by atoms with E-state index in [-0.39, 0.29) is 30.2 Å². The third kappa shape index (κ3) is 6.14. The van der Waals surface area contributed by atoms with Gasteiger partial charge in [0.1, 0.15) is 11.4 Å². The summed E-state index contributed by atoms with van der Waals surface area (Å²) >= 11 is 0. The molecule has 2 aliphatic heterocycles. The van der Waals surface area contributed by atoms with E-state index in [2.05, 4.69) is 9.80 Å². The van der Waals surface area contributed by atoms with Crippen LogP contribution in [0.1, 0.15) is 38.7 Å². The van der Waals surface area contributed by atoms with Crippen LogP contribution in [-0.4, -0.2) is 71.4 Å². The molecule has 0 saturated carbocycles. The quantitative estimate of drug-likeness (QED) is 0.365. The summed E-state index contributed by atoms with van der Waals surface area (Å²) in [6, 6.07) is 16.4. The fourth-order valence-electron chi connectivity index (χ4n) is 4.90. The van der Waals surface area contributed by atoms with E-state index < -0.39 is 5.54 Å². The zero-order valence-electron chi connectivity index (χ0n) is 20.7. The second kappa shape index (κ2) is 11.9. The van der Waals surface area contributed by atoms with E-state index in [1.54, 1.807) is 11.0 Å². The molecule has 35 heavy (non-hydrogen) atoms. The highest BCUT2D eigenvalue weighted by Crippen LogP contribution is 2.29. The van der Waals surface area contributed by atoms with E-state index in [0.29, 0.717) is 18.8 Å². The number of rotatable bonds is 9. The van der Waals surface area contributed by atoms with E-state index in [1.807, 2.05) is 56.3 Å². The van der Waals surface area contributed by atoms with Crippen molar-refractivity contribution in [2.75, 3.05) is 44.2 Å². The Labute approximate surface area is 214 Å². The van der Waals surface area contributed by atoms with Crippen LogP contribution in [0.5, 0.6) is 0 Å². The van der Waals surface area contributed by atoms with Crippen molar-refractivity contribution in [1.82, 2.24) is 14.7 Å². The average Bonchev–Trinajstić information content (AvgIpc) is 3.00. The summed E-state index contributed by atoms with van der Waals surface area (Å²) in [6.07, 6.45) is 2.92. The molecule has 0 N–H and O–H groups in total. The summed E-state index contributed by atoms with van der Waals surface area (Å²) in [7, 11) is 0. The number of benzene rings is 2. The van der Waals surface area contributed by atoms with Crippen LogP contribution in [0.3, 0.4) is 0 Å². The fraction of sp³-hybridized carbons (Fsp3) is 0.481. The summed E-state index contributed by atoms with van der Waals surface area (Å²) in [5, 5.41) is 0. The molecule has 0 spiro atoms. The van der Waals surface area contributed by atoms with Crippen molar-refractivity contribution in [2.45, 2.75) is 45.2 Å². The topological polar surface area (TPSA) is 47.1 Å². The van der Waals surface area contributed by atoms with Crippen molar-refractivity contribution in [3.8, 4) is 0 Å². The molecule has 0 atom stereocenters. The normalized spacial score (nSPS) is 18.2. The molecule has 2 aliphatic rings. The SMILES string of the molecule is CC1(C)C(=O)N(Cc2ccccc2)C(=O)N1CCCCCN1CCN(c2ccccc2F)CC1.Cl. The first-order valence-electron chi connectivity index (χ1n) is 12.3. The summed E-state index contributed by atoms with van der Waals surface area (Å²) in [5.74, 6) is -0.287. The smallest absolute Gasteiger partial charge is 0.327 e. The lowest BCUT2D eigenvalue weighted by Crippen LogP contribution is -2.47. The Morgan fingerprint density at radius 1 is 0.829 bits per heavy atom. The maximum atomic E-state index is 14.0. The number of halogens is 2. The number of hydrogen-bond acceptors (Lipinski definition) is 4. The van der Waals surface area contributed by atoms with Gasteiger partial charge in [-0.1, -0.05) is 48.9 Å². The van der Waals surface area contributed by atoms with Crippen molar-refractivity contribution in [1.29, 1.82) is 0 Å². The summed E-state index contributed by atoms with van der Waals surface area (Å²) in [6.45, 7) is 9.10. The molecule has 3 amide bonds. The number of hydrogen-bond donors (Lipinski definition) is 0. The average molecular weight is 503 g/mol. The monoisotopic (exact) mass is 502 g/mol. The van der Waals surface area contributed by atoms with Gasteiger partial charge in [-0.2, -0.15) is 0 Å². The van der Waals surface area contributed by atoms with Gasteiger partial charge in [0.25, 0.3) is 5.91 Å². The van der Waals surface area contributed by atoms with Gasteiger partial charge >= 0.3 is 6.03 Å². The number of urea groups is 1. The summed E-state index contributed by atoms with van der Waals surface area (Å²) in [4.78, 5) is 33.6. The molecule has 2 aromatic carbocycles. The molecule has 190 valence electrons. The van der Waals surface area contributed by atoms with Crippen LogP contribution >= 0.6 is 12.4 Å². The first-order chi connectivity index (χ1) is 16.4. The van der Waals surface area contributed by atoms with Gasteiger partial charge in [-0.05, 0) is 50.9 Å². The molecule has 8 heteroatoms. The van der Waals surface area contributed by atoms with Gasteiger partial charge in [0, 0.05) is 32.7 Å². The van der Waals surface area contributed by atoms with Crippen LogP contribution < -0.4 is 4.90 Å². The van der Waals surface area contributed by atoms with Crippen molar-refractivity contribution < 1.29 is 14.0 Å². The minimum Gasteiger partial charge on any atom is -0.367 e. The number of anilines is 1. The van der Waals surface area contributed by atoms with Gasteiger partial charge in [-0.3, -0.25) is 14.6 Å². The van der Waals surface area contributed by atoms with E-state index >= 15 is 0 Å². The maximum Gasteiger partial charge on any atom is 0.327 e. The summed E-state index contributed by atoms with van der Waals surface area (Å²) in [5.41, 5.74) is 0.836. The standard InChI is InChI=1S/C27H35FN4O2.ClH/c1-27(2)25(33)31(21-22-11-5-3-6-12-22)26(34)32(27)16-10-4-9-15-29-17-19-30(20-18-29)24-14-8-7-13-23(24)28;/h3,5-8,11-14H,4,9-10,15-21H2,1-2H3;1H. The van der Waals surface area contributed by atoms with Gasteiger partial charge in [-0.25, -0.2) is 9.18 Å². The number of carbonyl (C=O) groups is 2. The number of para-hydroxylation sites is 1. The molecule has 0 bridgehead atoms. The predicted octanol–water partition coefficient (Wildman–Crippen LogP) is 4.78. The Kier molecular flexibility index (Phi) is 9.14. The molecule has 2 heterocycles. The Bertz CT molecular complexity index is 996. The number of piperazine rings is 1. The highest BCUT2D eigenvalue weighted by molar-refractivity contribution is 6.06. The molecule has 2 fully saturated rings. The largest absolute Gasteiger partial charge is 0.367 e. The van der Waals surface area contributed by atoms with Gasteiger partial charge in [-0.15, -0.1) is 12.4 Å². The van der Waals surface area contributed by atoms with Crippen LogP contribution in [0, 0.1) is 5.82 Å². The second-order valence-corrected chi connectivity index (χ2v) is 9.71. The third-order valence-electron chi connectivity index (χ3n) is 7.01. The van der Waals surface area contributed by atoms with Crippen molar-refractivity contribution in [3.05, 3.63) is 66.0 Å². The highest BCUT2D eigenvalue weighted by atomic mass is 35.5. The van der Waals surface area contributed by atoms with Crippen molar-refractivity contribution >= 4 is 30.0 Å². The molecule has 0 radical (unpaired) electrons. The first kappa shape index (κ1) is 27.0. The Balaban J connectivity index is 0.00000342. The number of nitrogens with zero attached hydrogens (tertiary/aromatic N) is 4. The van der Waals surface area contributed by atoms with Crippen LogP contribution in [0.15, 0.2) is 54.6 Å². The minimum atomic E-state index is -0.811. The first-order valence-corrected chi connectivity index (χ1v) is 12.3. The van der Waals surface area contributed by atoms with Crippen LogP contribution in [0.25, 0.3) is 0 Å². The molecule has 4 rings (SSSR count). The van der Waals surface area contributed by atoms with Crippen molar-refractivity contribution in [2.24, 2.45) is 0 Å². The van der Waals surface area contributed by atoms with Crippen LogP contribution in [-0.2, 0) is 11.3 Å². The molecule has 0 unspecified atom stereocenters. The lowest BCUT2D eigenvalue weighted by molar-refractivity contribution is -0.132. The fourth-order valence-corrected chi connectivity index (χ4v) is 4.90. The molecular formula is C27H36ClFN4O2. The van der Waals surface area contributed by atoms with E-state index in [4.69, 9.17) is 0 Å². The minimum absolute atomic E-state index is 0. The lowest BCUT2D eigenvalue weighted by Gasteiger charge is -2.36. The predicted molar refractivity (Wildman–Crippen MR) is 139 cm³/mol. The number of unbranched alkanes of at least 4 members (excludes halogenated alkanes) is 2. The Hall–Kier alpha value is -2.64. The van der Waals surface area contributed by atoms with Crippen molar-refractivity contribution in [3.63, 3.8) is 0 Å². The molecule has 6 nitrogen and oxygen atoms in total. The van der Waals surface area contributed by atoms with Gasteiger partial charge in [0.2, 0.25) is 0 Å². The molecule has 0 aliphatic carbocycles. The zero-order chi connectivity index (χ0) is 24.1. The van der Waals surface area contributed by atoms with E-state index in [1.165, 1.54) is 11.0 Å². The highest BCUT2D eigenvalue weighted by Gasteiger charge is 2.50. The number of amides is 3. The number of imide groups is 1. The van der Waals surface area contributed by atoms with E-state index in [9.17, 15) is 14.0 Å². The van der Waals surface area contributed by atoms with Gasteiger partial charge in [0.15, 0.2) is 0 Å². The molecule has 0 aromatic heterocycles. The second-order valence-electron chi connectivity index (χ2n) is 9.71. The zero-order valence-corrected chi connectivity index (χ0v) is 21.5. The van der Waals surface area contributed by atoms with Crippen LogP contribution in [0.2, 0.25) is 0 Å². The maximum absolute atomic E-state index is 14.0. The van der Waals surface area contributed by atoms with Gasteiger partial charge < -0.3 is 9.80 Å². The third-order valence-corrected chi connectivity index (χ3v) is 7.01. The Morgan fingerprint density at radius 3 is 2.14 bits per heavy atom. The summed E-state index contributed by atoms with van der Waals surface area (Å²) < 4.78 is 14.0. The molecule has 2 aromatic rings.